The molecule has 1 aromatic heterocycles. The lowest BCUT2D eigenvalue weighted by molar-refractivity contribution is -0.130. The van der Waals surface area contributed by atoms with E-state index in [1.165, 1.54) is 5.56 Å². The van der Waals surface area contributed by atoms with Gasteiger partial charge in [0.2, 0.25) is 11.8 Å². The molecule has 8 heteroatoms. The van der Waals surface area contributed by atoms with E-state index >= 15 is 0 Å². The van der Waals surface area contributed by atoms with Gasteiger partial charge in [-0.05, 0) is 32.9 Å². The summed E-state index contributed by atoms with van der Waals surface area (Å²) in [7, 11) is 3.54. The Balaban J connectivity index is 1.56. The molecule has 1 fully saturated rings. The first-order valence-electron chi connectivity index (χ1n) is 10.3. The van der Waals surface area contributed by atoms with Gasteiger partial charge < -0.3 is 10.2 Å². The van der Waals surface area contributed by atoms with Crippen molar-refractivity contribution in [2.75, 3.05) is 58.7 Å². The van der Waals surface area contributed by atoms with Gasteiger partial charge in [0, 0.05) is 40.3 Å². The van der Waals surface area contributed by atoms with Gasteiger partial charge in [0.05, 0.1) is 35.9 Å². The van der Waals surface area contributed by atoms with Gasteiger partial charge in [-0.1, -0.05) is 17.7 Å². The lowest BCUT2D eigenvalue weighted by atomic mass is 10.2. The van der Waals surface area contributed by atoms with Crippen LogP contribution in [0.2, 0.25) is 0 Å². The van der Waals surface area contributed by atoms with E-state index in [1.54, 1.807) is 19.0 Å². The Morgan fingerprint density at radius 2 is 1.53 bits per heavy atom. The second kappa shape index (κ2) is 9.40. The zero-order chi connectivity index (χ0) is 21.8. The van der Waals surface area contributed by atoms with Gasteiger partial charge in [0.25, 0.3) is 0 Å². The van der Waals surface area contributed by atoms with Crippen LogP contribution in [0.1, 0.15) is 17.0 Å². The molecule has 0 saturated carbocycles. The third kappa shape index (κ3) is 5.25. The van der Waals surface area contributed by atoms with Crippen molar-refractivity contribution in [3.63, 3.8) is 0 Å². The Morgan fingerprint density at radius 1 is 0.967 bits per heavy atom. The minimum absolute atomic E-state index is 0.0394. The second-order valence-corrected chi connectivity index (χ2v) is 8.18. The highest BCUT2D eigenvalue weighted by molar-refractivity contribution is 5.93. The molecule has 1 aliphatic heterocycles. The molecule has 0 atom stereocenters. The molecule has 2 aromatic rings. The van der Waals surface area contributed by atoms with Crippen molar-refractivity contribution < 1.29 is 9.59 Å². The molecule has 1 aromatic carbocycles. The molecule has 8 nitrogen and oxygen atoms in total. The monoisotopic (exact) mass is 412 g/mol. The highest BCUT2D eigenvalue weighted by atomic mass is 16.2. The predicted molar refractivity (Wildman–Crippen MR) is 118 cm³/mol. The number of piperazine rings is 1. The minimum Gasteiger partial charge on any atom is -0.348 e. The molecule has 1 N–H and O–H groups in total. The van der Waals surface area contributed by atoms with Crippen LogP contribution in [0.4, 0.5) is 5.69 Å². The molecule has 0 bridgehead atoms. The van der Waals surface area contributed by atoms with E-state index in [0.29, 0.717) is 13.1 Å². The van der Waals surface area contributed by atoms with Crippen LogP contribution in [0.25, 0.3) is 5.69 Å². The predicted octanol–water partition coefficient (Wildman–Crippen LogP) is 1.44. The molecule has 1 aliphatic rings. The zero-order valence-electron chi connectivity index (χ0n) is 18.6. The van der Waals surface area contributed by atoms with E-state index in [1.807, 2.05) is 30.7 Å². The molecule has 0 unspecified atom stereocenters. The minimum atomic E-state index is -0.0394. The van der Waals surface area contributed by atoms with Gasteiger partial charge in [-0.25, -0.2) is 4.68 Å². The number of aromatic nitrogens is 2. The van der Waals surface area contributed by atoms with E-state index in [-0.39, 0.29) is 11.8 Å². The van der Waals surface area contributed by atoms with Crippen molar-refractivity contribution in [2.45, 2.75) is 20.8 Å². The fourth-order valence-corrected chi connectivity index (χ4v) is 3.58. The maximum Gasteiger partial charge on any atom is 0.238 e. The van der Waals surface area contributed by atoms with Crippen LogP contribution in [0, 0.1) is 20.8 Å². The maximum atomic E-state index is 12.7. The number of carbonyl (C=O) groups excluding carboxylic acids is 2. The molecular formula is C22H32N6O2. The van der Waals surface area contributed by atoms with Crippen molar-refractivity contribution >= 4 is 17.5 Å². The molecule has 162 valence electrons. The first kappa shape index (κ1) is 22.0. The summed E-state index contributed by atoms with van der Waals surface area (Å²) in [6.07, 6.45) is 0. The first-order chi connectivity index (χ1) is 14.2. The molecule has 2 amide bonds. The van der Waals surface area contributed by atoms with E-state index in [2.05, 4.69) is 39.3 Å². The number of rotatable bonds is 6. The van der Waals surface area contributed by atoms with Gasteiger partial charge in [-0.15, -0.1) is 0 Å². The Hall–Kier alpha value is -2.71. The molecule has 0 aliphatic carbocycles. The van der Waals surface area contributed by atoms with Crippen LogP contribution >= 0.6 is 0 Å². The molecule has 2 heterocycles. The number of anilines is 1. The Morgan fingerprint density at radius 3 is 2.10 bits per heavy atom. The maximum absolute atomic E-state index is 12.7. The highest BCUT2D eigenvalue weighted by Crippen LogP contribution is 2.23. The van der Waals surface area contributed by atoms with Crippen LogP contribution in [0.15, 0.2) is 24.3 Å². The number of nitrogens with zero attached hydrogens (tertiary/aromatic N) is 5. The van der Waals surface area contributed by atoms with Gasteiger partial charge in [0.1, 0.15) is 0 Å². The normalized spacial score (nSPS) is 15.2. The number of likely N-dealkylation sites (N-methyl/N-ethyl adjacent to an activating group) is 1. The third-order valence-electron chi connectivity index (χ3n) is 5.52. The van der Waals surface area contributed by atoms with Gasteiger partial charge >= 0.3 is 0 Å². The summed E-state index contributed by atoms with van der Waals surface area (Å²) in [5.41, 5.74) is 4.66. The number of carbonyl (C=O) groups is 2. The van der Waals surface area contributed by atoms with E-state index in [0.717, 1.165) is 48.9 Å². The van der Waals surface area contributed by atoms with Crippen molar-refractivity contribution in [2.24, 2.45) is 0 Å². The number of amides is 2. The molecular weight excluding hydrogens is 380 g/mol. The quantitative estimate of drug-likeness (QED) is 0.777. The number of aryl methyl sites for hydroxylation is 2. The Kier molecular flexibility index (Phi) is 6.89. The van der Waals surface area contributed by atoms with E-state index in [9.17, 15) is 9.59 Å². The Labute approximate surface area is 178 Å². The van der Waals surface area contributed by atoms with Crippen molar-refractivity contribution in [3.8, 4) is 5.69 Å². The van der Waals surface area contributed by atoms with Crippen LogP contribution in [-0.4, -0.2) is 89.7 Å². The van der Waals surface area contributed by atoms with Gasteiger partial charge in [-0.3, -0.25) is 19.4 Å². The van der Waals surface area contributed by atoms with E-state index in [4.69, 9.17) is 0 Å². The summed E-state index contributed by atoms with van der Waals surface area (Å²) in [4.78, 5) is 30.4. The highest BCUT2D eigenvalue weighted by Gasteiger charge is 2.22. The lowest BCUT2D eigenvalue weighted by Crippen LogP contribution is -2.50. The topological polar surface area (TPSA) is 73.7 Å². The van der Waals surface area contributed by atoms with Crippen molar-refractivity contribution in [1.82, 2.24) is 24.5 Å². The zero-order valence-corrected chi connectivity index (χ0v) is 18.6. The molecule has 3 rings (SSSR count). The summed E-state index contributed by atoms with van der Waals surface area (Å²) in [6, 6.07) is 8.16. The van der Waals surface area contributed by atoms with Crippen LogP contribution in [0.3, 0.4) is 0 Å². The average molecular weight is 413 g/mol. The average Bonchev–Trinajstić information content (AvgIpc) is 2.98. The number of hydrogen-bond acceptors (Lipinski definition) is 5. The standard InChI is InChI=1S/C22H32N6O2/c1-16-6-8-19(9-7-16)28-18(3)22(17(2)24-28)23-20(29)14-26-10-12-27(13-11-26)15-21(30)25(4)5/h6-9H,10-15H2,1-5H3,(H,23,29). The van der Waals surface area contributed by atoms with Gasteiger partial charge in [-0.2, -0.15) is 5.10 Å². The molecule has 0 spiro atoms. The van der Waals surface area contributed by atoms with E-state index < -0.39 is 0 Å². The van der Waals surface area contributed by atoms with Crippen LogP contribution < -0.4 is 5.32 Å². The third-order valence-corrected chi connectivity index (χ3v) is 5.52. The number of nitrogens with one attached hydrogen (secondary N) is 1. The van der Waals surface area contributed by atoms with Crippen LogP contribution in [-0.2, 0) is 9.59 Å². The number of benzene rings is 1. The summed E-state index contributed by atoms with van der Waals surface area (Å²) in [5, 5.41) is 7.65. The summed E-state index contributed by atoms with van der Waals surface area (Å²) < 4.78 is 1.87. The summed E-state index contributed by atoms with van der Waals surface area (Å²) >= 11 is 0. The molecule has 1 saturated heterocycles. The van der Waals surface area contributed by atoms with Crippen molar-refractivity contribution in [3.05, 3.63) is 41.2 Å². The number of hydrogen-bond donors (Lipinski definition) is 1. The van der Waals surface area contributed by atoms with Gasteiger partial charge in [0.15, 0.2) is 0 Å². The largest absolute Gasteiger partial charge is 0.348 e. The molecule has 0 radical (unpaired) electrons. The summed E-state index contributed by atoms with van der Waals surface area (Å²) in [5.74, 6) is 0.0696. The van der Waals surface area contributed by atoms with Crippen molar-refractivity contribution in [1.29, 1.82) is 0 Å². The Bertz CT molecular complexity index is 895. The summed E-state index contributed by atoms with van der Waals surface area (Å²) in [6.45, 7) is 9.82. The second-order valence-electron chi connectivity index (χ2n) is 8.18. The fourth-order valence-electron chi connectivity index (χ4n) is 3.58. The van der Waals surface area contributed by atoms with Crippen LogP contribution in [0.5, 0.6) is 0 Å². The fraction of sp³-hybridized carbons (Fsp3) is 0.500. The lowest BCUT2D eigenvalue weighted by Gasteiger charge is -2.34. The SMILES string of the molecule is Cc1ccc(-n2nc(C)c(NC(=O)CN3CCN(CC(=O)N(C)C)CC3)c2C)cc1. The molecule has 30 heavy (non-hydrogen) atoms. The first-order valence-corrected chi connectivity index (χ1v) is 10.3. The smallest absolute Gasteiger partial charge is 0.238 e.